The Morgan fingerprint density at radius 1 is 1.90 bits per heavy atom. The third-order valence-electron chi connectivity index (χ3n) is 0.888. The predicted molar refractivity (Wildman–Crippen MR) is 33.9 cm³/mol. The van der Waals surface area contributed by atoms with Gasteiger partial charge in [-0.3, -0.25) is 4.79 Å². The summed E-state index contributed by atoms with van der Waals surface area (Å²) in [6.07, 6.45) is -2.04. The first-order chi connectivity index (χ1) is 4.68. The van der Waals surface area contributed by atoms with Gasteiger partial charge in [0.25, 0.3) is 5.24 Å². The second-order valence-electron chi connectivity index (χ2n) is 1.62. The number of hydrogen-bond donors (Lipinski definition) is 2. The smallest absolute Gasteiger partial charge is 0.450 e. The van der Waals surface area contributed by atoms with Crippen molar-refractivity contribution in [3.8, 4) is 0 Å². The molecule has 1 rings (SSSR count). The lowest BCUT2D eigenvalue weighted by Crippen LogP contribution is -2.30. The molecular weight excluding hydrogens is 158 g/mol. The summed E-state index contributed by atoms with van der Waals surface area (Å²) >= 11 is 1.01. The third-order valence-corrected chi connectivity index (χ3v) is 1.74. The molecule has 1 fully saturated rings. The fourth-order valence-electron chi connectivity index (χ4n) is 0.551. The van der Waals surface area contributed by atoms with Crippen LogP contribution in [0.4, 0.5) is 9.59 Å². The van der Waals surface area contributed by atoms with Gasteiger partial charge in [-0.1, -0.05) is 11.8 Å². The first kappa shape index (κ1) is 7.20. The molecule has 56 valence electrons. The fraction of sp³-hybridized carbons (Fsp3) is 0.500. The maximum Gasteiger partial charge on any atom is 0.507 e. The molecule has 0 bridgehead atoms. The first-order valence-corrected chi connectivity index (χ1v) is 3.50. The Kier molecular flexibility index (Phi) is 2.00. The SMILES string of the molecule is O=C(O)OC1CSC(=O)N1. The van der Waals surface area contributed by atoms with Crippen LogP contribution in [0.15, 0.2) is 0 Å². The van der Waals surface area contributed by atoms with Crippen LogP contribution in [-0.4, -0.2) is 28.5 Å². The highest BCUT2D eigenvalue weighted by atomic mass is 32.2. The molecule has 1 heterocycles. The molecule has 5 nitrogen and oxygen atoms in total. The van der Waals surface area contributed by atoms with E-state index >= 15 is 0 Å². The molecule has 1 unspecified atom stereocenters. The summed E-state index contributed by atoms with van der Waals surface area (Å²) in [7, 11) is 0. The van der Waals surface area contributed by atoms with E-state index in [0.29, 0.717) is 5.75 Å². The van der Waals surface area contributed by atoms with Gasteiger partial charge < -0.3 is 15.2 Å². The monoisotopic (exact) mass is 163 g/mol. The molecular formula is C4H5NO4S. The number of carbonyl (C=O) groups is 2. The molecule has 0 aromatic carbocycles. The average molecular weight is 163 g/mol. The zero-order chi connectivity index (χ0) is 7.56. The molecule has 0 spiro atoms. The van der Waals surface area contributed by atoms with E-state index in [4.69, 9.17) is 5.11 Å². The summed E-state index contributed by atoms with van der Waals surface area (Å²) in [6.45, 7) is 0. The summed E-state index contributed by atoms with van der Waals surface area (Å²) in [5.41, 5.74) is 0. The number of ether oxygens (including phenoxy) is 1. The lowest BCUT2D eigenvalue weighted by molar-refractivity contribution is 0.0553. The van der Waals surface area contributed by atoms with E-state index in [9.17, 15) is 9.59 Å². The minimum Gasteiger partial charge on any atom is -0.450 e. The van der Waals surface area contributed by atoms with E-state index < -0.39 is 12.4 Å². The Hall–Kier alpha value is -0.910. The average Bonchev–Trinajstić information content (AvgIpc) is 2.13. The van der Waals surface area contributed by atoms with Crippen molar-refractivity contribution in [2.45, 2.75) is 6.23 Å². The maximum absolute atomic E-state index is 10.4. The number of rotatable bonds is 1. The highest BCUT2D eigenvalue weighted by molar-refractivity contribution is 8.13. The van der Waals surface area contributed by atoms with Crippen molar-refractivity contribution in [1.82, 2.24) is 5.32 Å². The van der Waals surface area contributed by atoms with Crippen molar-refractivity contribution in [2.75, 3.05) is 5.75 Å². The standard InChI is InChI=1S/C4H5NO4S/c6-3-5-2(1-10-3)9-4(7)8/h2H,1H2,(H,5,6)(H,7,8). The number of thioether (sulfide) groups is 1. The van der Waals surface area contributed by atoms with Gasteiger partial charge in [0.15, 0.2) is 6.23 Å². The quantitative estimate of drug-likeness (QED) is 0.549. The molecule has 1 atom stereocenters. The van der Waals surface area contributed by atoms with Crippen LogP contribution in [0.5, 0.6) is 0 Å². The van der Waals surface area contributed by atoms with Crippen molar-refractivity contribution < 1.29 is 19.4 Å². The second-order valence-corrected chi connectivity index (χ2v) is 2.61. The number of nitrogens with one attached hydrogen (secondary N) is 1. The summed E-state index contributed by atoms with van der Waals surface area (Å²) in [5, 5.41) is 10.1. The predicted octanol–water partition coefficient (Wildman–Crippen LogP) is 0.463. The lowest BCUT2D eigenvalue weighted by Gasteiger charge is -2.05. The molecule has 2 N–H and O–H groups in total. The summed E-state index contributed by atoms with van der Waals surface area (Å²) in [6, 6.07) is 0. The van der Waals surface area contributed by atoms with Crippen LogP contribution < -0.4 is 5.32 Å². The molecule has 0 saturated carbocycles. The second kappa shape index (κ2) is 2.78. The molecule has 0 radical (unpaired) electrons. The Labute approximate surface area is 60.7 Å². The van der Waals surface area contributed by atoms with E-state index in [1.165, 1.54) is 0 Å². The van der Waals surface area contributed by atoms with Crippen molar-refractivity contribution in [3.63, 3.8) is 0 Å². The Morgan fingerprint density at radius 2 is 2.60 bits per heavy atom. The Balaban J connectivity index is 2.31. The Morgan fingerprint density at radius 3 is 3.00 bits per heavy atom. The van der Waals surface area contributed by atoms with Crippen LogP contribution >= 0.6 is 11.8 Å². The van der Waals surface area contributed by atoms with E-state index in [0.717, 1.165) is 11.8 Å². The van der Waals surface area contributed by atoms with Gasteiger partial charge in [0, 0.05) is 0 Å². The van der Waals surface area contributed by atoms with Crippen LogP contribution in [0.2, 0.25) is 0 Å². The van der Waals surface area contributed by atoms with Crippen LogP contribution in [0, 0.1) is 0 Å². The maximum atomic E-state index is 10.4. The van der Waals surface area contributed by atoms with Crippen LogP contribution in [-0.2, 0) is 4.74 Å². The zero-order valence-electron chi connectivity index (χ0n) is 4.86. The summed E-state index contributed by atoms with van der Waals surface area (Å²) < 4.78 is 4.25. The molecule has 6 heteroatoms. The van der Waals surface area contributed by atoms with E-state index in [1.54, 1.807) is 0 Å². The van der Waals surface area contributed by atoms with Gasteiger partial charge in [-0.2, -0.15) is 0 Å². The van der Waals surface area contributed by atoms with Crippen molar-refractivity contribution >= 4 is 23.2 Å². The minimum atomic E-state index is -1.37. The molecule has 0 aliphatic carbocycles. The van der Waals surface area contributed by atoms with Gasteiger partial charge in [0.05, 0.1) is 5.75 Å². The molecule has 1 aliphatic rings. The van der Waals surface area contributed by atoms with Crippen LogP contribution in [0.25, 0.3) is 0 Å². The van der Waals surface area contributed by atoms with E-state index in [1.807, 2.05) is 0 Å². The third kappa shape index (κ3) is 1.80. The summed E-state index contributed by atoms with van der Waals surface area (Å²) in [4.78, 5) is 20.3. The molecule has 1 aliphatic heterocycles. The van der Waals surface area contributed by atoms with Crippen molar-refractivity contribution in [2.24, 2.45) is 0 Å². The van der Waals surface area contributed by atoms with Crippen LogP contribution in [0.3, 0.4) is 0 Å². The Bertz CT molecular complexity index is 171. The molecule has 1 saturated heterocycles. The van der Waals surface area contributed by atoms with Crippen LogP contribution in [0.1, 0.15) is 0 Å². The molecule has 10 heavy (non-hydrogen) atoms. The first-order valence-electron chi connectivity index (χ1n) is 2.51. The van der Waals surface area contributed by atoms with Crippen molar-refractivity contribution in [3.05, 3.63) is 0 Å². The normalized spacial score (nSPS) is 24.0. The fourth-order valence-corrected chi connectivity index (χ4v) is 1.22. The summed E-state index contributed by atoms with van der Waals surface area (Å²) in [5.74, 6) is 0.352. The lowest BCUT2D eigenvalue weighted by atomic mass is 10.7. The largest absolute Gasteiger partial charge is 0.507 e. The zero-order valence-corrected chi connectivity index (χ0v) is 5.68. The highest BCUT2D eigenvalue weighted by Gasteiger charge is 2.24. The van der Waals surface area contributed by atoms with Gasteiger partial charge in [-0.25, -0.2) is 4.79 Å². The van der Waals surface area contributed by atoms with E-state index in [2.05, 4.69) is 10.1 Å². The van der Waals surface area contributed by atoms with Gasteiger partial charge in [0.1, 0.15) is 0 Å². The molecule has 1 amide bonds. The minimum absolute atomic E-state index is 0.244. The van der Waals surface area contributed by atoms with Gasteiger partial charge in [-0.15, -0.1) is 0 Å². The van der Waals surface area contributed by atoms with Gasteiger partial charge >= 0.3 is 6.16 Å². The van der Waals surface area contributed by atoms with Crippen molar-refractivity contribution in [1.29, 1.82) is 0 Å². The number of hydrogen-bond acceptors (Lipinski definition) is 4. The number of carbonyl (C=O) groups excluding carboxylic acids is 1. The van der Waals surface area contributed by atoms with Gasteiger partial charge in [0.2, 0.25) is 0 Å². The highest BCUT2D eigenvalue weighted by Crippen LogP contribution is 2.13. The topological polar surface area (TPSA) is 75.6 Å². The van der Waals surface area contributed by atoms with Gasteiger partial charge in [-0.05, 0) is 0 Å². The molecule has 0 aromatic rings. The number of amides is 1. The number of carboxylic acid groups (broad SMARTS) is 1. The molecule has 0 aromatic heterocycles. The van der Waals surface area contributed by atoms with E-state index in [-0.39, 0.29) is 5.24 Å².